The van der Waals surface area contributed by atoms with Gasteiger partial charge in [0.05, 0.1) is 0 Å². The van der Waals surface area contributed by atoms with E-state index >= 15 is 9.59 Å². The van der Waals surface area contributed by atoms with Crippen molar-refractivity contribution < 1.29 is 67.1 Å². The predicted octanol–water partition coefficient (Wildman–Crippen LogP) is 3.12. The fourth-order valence-electron chi connectivity index (χ4n) is 12.6. The first-order chi connectivity index (χ1) is 52.9. The highest BCUT2D eigenvalue weighted by Gasteiger charge is 2.41. The number of nitrogens with zero attached hydrogens (tertiary/aromatic N) is 2. The zero-order valence-electron chi connectivity index (χ0n) is 63.5. The maximum atomic E-state index is 15.4. The lowest BCUT2D eigenvalue weighted by molar-refractivity contribution is -0.142. The molecule has 1 aromatic heterocycles. The SMILES string of the molecule is CC(=O)Nc1ccc(C[C@H](NC(=O)[C@H](NC=O)NC(=O)[C@@H](Cc2cccnc2)NC(=O)[C@@H](Cc2ccc(Cl)cc2)NC(=O)[C@@H](Cc2ccc3ccccc3c2)NC(C)=O)C(=O)N[C@H](Cc2ccc(NC(C)=O)cc2)C(=O)N[C@@H](CC(C)C)C(=O)N[C@@H](CCCCNC(C)C)C(=O)N2CCC[C@@H]2C(=O)N[C@H](C)C(N)=O)cc1. The van der Waals surface area contributed by atoms with Crippen LogP contribution in [0.4, 0.5) is 11.4 Å². The molecule has 1 aliphatic rings. The molecule has 592 valence electrons. The molecule has 1 fully saturated rings. The van der Waals surface area contributed by atoms with E-state index in [0.717, 1.165) is 10.8 Å². The number of hydrogen-bond donors (Lipinski definition) is 14. The van der Waals surface area contributed by atoms with Crippen molar-refractivity contribution in [3.05, 3.63) is 173 Å². The van der Waals surface area contributed by atoms with Crippen LogP contribution in [-0.2, 0) is 99.2 Å². The van der Waals surface area contributed by atoms with E-state index in [1.54, 1.807) is 86.6 Å². The van der Waals surface area contributed by atoms with Crippen molar-refractivity contribution in [3.63, 3.8) is 0 Å². The third-order valence-electron chi connectivity index (χ3n) is 18.3. The number of aromatic nitrogens is 1. The van der Waals surface area contributed by atoms with E-state index in [9.17, 15) is 57.5 Å². The number of anilines is 2. The normalized spacial score (nSPS) is 14.9. The molecule has 1 saturated heterocycles. The zero-order chi connectivity index (χ0) is 80.8. The van der Waals surface area contributed by atoms with E-state index < -0.39 is 126 Å². The first-order valence-corrected chi connectivity index (χ1v) is 37.4. The number of unbranched alkanes of at least 4 members (excludes halogenated alkanes) is 1. The van der Waals surface area contributed by atoms with E-state index in [4.69, 9.17) is 17.3 Å². The summed E-state index contributed by atoms with van der Waals surface area (Å²) in [5, 5.41) is 37.5. The highest BCUT2D eigenvalue weighted by atomic mass is 35.5. The summed E-state index contributed by atoms with van der Waals surface area (Å²) in [6.45, 7) is 13.6. The highest BCUT2D eigenvalue weighted by Crippen LogP contribution is 2.23. The molecule has 111 heavy (non-hydrogen) atoms. The average Bonchev–Trinajstić information content (AvgIpc) is 1.79. The lowest BCUT2D eigenvalue weighted by atomic mass is 9.99. The Kier molecular flexibility index (Phi) is 33.5. The summed E-state index contributed by atoms with van der Waals surface area (Å²) >= 11 is 6.26. The van der Waals surface area contributed by atoms with Gasteiger partial charge < -0.3 is 79.8 Å². The molecule has 0 aliphatic carbocycles. The summed E-state index contributed by atoms with van der Waals surface area (Å²) in [6, 6.07) is 23.4. The Morgan fingerprint density at radius 2 is 0.973 bits per heavy atom. The molecule has 0 unspecified atom stereocenters. The van der Waals surface area contributed by atoms with Gasteiger partial charge in [-0.3, -0.25) is 72.1 Å². The number of primary amides is 1. The number of hydrogen-bond acceptors (Lipinski definition) is 16. The van der Waals surface area contributed by atoms with E-state index in [2.05, 4.69) is 74.1 Å². The van der Waals surface area contributed by atoms with Gasteiger partial charge in [-0.15, -0.1) is 0 Å². The number of amides is 14. The molecule has 7 rings (SSSR count). The Balaban J connectivity index is 1.19. The molecule has 0 radical (unpaired) electrons. The number of pyridine rings is 1. The van der Waals surface area contributed by atoms with Crippen molar-refractivity contribution in [2.45, 2.75) is 193 Å². The van der Waals surface area contributed by atoms with E-state index in [-0.39, 0.29) is 88.1 Å². The lowest BCUT2D eigenvalue weighted by Crippen LogP contribution is -2.63. The minimum atomic E-state index is -2.01. The van der Waals surface area contributed by atoms with Crippen LogP contribution in [0.25, 0.3) is 10.8 Å². The third-order valence-corrected chi connectivity index (χ3v) is 18.5. The number of nitrogens with one attached hydrogen (secondary N) is 13. The number of halogens is 1. The van der Waals surface area contributed by atoms with Crippen molar-refractivity contribution in [2.24, 2.45) is 11.7 Å². The standard InChI is InChI=1S/C80H101ClN16O14/c1-46(2)37-63(72(103)90-62(18-11-12-35-84-47(3)4)80(111)97-36-14-19-69(97)78(109)86-48(5)70(82)102)91-74(105)66(40-53-23-30-60(31-24-53)87-49(6)99)93-76(107)67(41-54-25-32-61(33-26-54)88-50(7)100)95-79(110)71(85-45-98)96-77(108)68(43-56-15-13-34-83-44-56)94-75(106)65(39-52-21-28-59(81)29-22-52)92-73(104)64(89-51(8)101)42-55-20-27-57-16-9-10-17-58(57)38-55/h9-10,13,15-17,20-34,38,44-48,62-69,71,84H,11-12,14,18-19,35-37,39-43H2,1-8H3,(H2,82,102)(H,85,98)(H,86,109)(H,87,99)(H,88,100)(H,89,101)(H,90,103)(H,91,105)(H,92,104)(H,93,107)(H,94,106)(H,95,110)(H,96,108)/t48-,62+,63+,64-,65-,66-,67+,68-,69-,71-/m1/s1. The number of carbonyl (C=O) groups is 14. The van der Waals surface area contributed by atoms with Crippen molar-refractivity contribution in [1.29, 1.82) is 0 Å². The summed E-state index contributed by atoms with van der Waals surface area (Å²) in [5.41, 5.74) is 8.69. The molecule has 14 amide bonds. The predicted molar refractivity (Wildman–Crippen MR) is 418 cm³/mol. The fourth-order valence-corrected chi connectivity index (χ4v) is 12.8. The number of benzene rings is 5. The molecular weight excluding hydrogens is 1440 g/mol. The largest absolute Gasteiger partial charge is 0.368 e. The molecule has 30 nitrogen and oxygen atoms in total. The fraction of sp³-hybridized carbons (Fsp3) is 0.412. The van der Waals surface area contributed by atoms with Gasteiger partial charge in [0.1, 0.15) is 54.4 Å². The summed E-state index contributed by atoms with van der Waals surface area (Å²) in [7, 11) is 0. The van der Waals surface area contributed by atoms with Gasteiger partial charge in [0.2, 0.25) is 77.3 Å². The lowest BCUT2D eigenvalue weighted by Gasteiger charge is -2.31. The molecule has 10 atom stereocenters. The molecule has 0 bridgehead atoms. The Morgan fingerprint density at radius 1 is 0.505 bits per heavy atom. The maximum Gasteiger partial charge on any atom is 0.264 e. The van der Waals surface area contributed by atoms with Gasteiger partial charge in [-0.25, -0.2) is 0 Å². The third kappa shape index (κ3) is 28.4. The number of likely N-dealkylation sites (tertiary alicyclic amines) is 1. The Hall–Kier alpha value is -11.7. The van der Waals surface area contributed by atoms with Crippen molar-refractivity contribution in [1.82, 2.24) is 68.4 Å². The van der Waals surface area contributed by atoms with Crippen LogP contribution >= 0.6 is 11.6 Å². The second-order valence-electron chi connectivity index (χ2n) is 28.3. The molecule has 31 heteroatoms. The minimum Gasteiger partial charge on any atom is -0.368 e. The van der Waals surface area contributed by atoms with Gasteiger partial charge in [-0.1, -0.05) is 124 Å². The number of rotatable bonds is 41. The molecule has 5 aromatic carbocycles. The van der Waals surface area contributed by atoms with Crippen LogP contribution < -0.4 is 74.9 Å². The Bertz CT molecular complexity index is 4250. The molecule has 0 saturated carbocycles. The minimum absolute atomic E-state index is 0.00757. The smallest absolute Gasteiger partial charge is 0.264 e. The monoisotopic (exact) mass is 1540 g/mol. The highest BCUT2D eigenvalue weighted by molar-refractivity contribution is 6.30. The van der Waals surface area contributed by atoms with E-state index in [1.807, 2.05) is 56.3 Å². The van der Waals surface area contributed by atoms with Crippen LogP contribution in [0, 0.1) is 5.92 Å². The van der Waals surface area contributed by atoms with Gasteiger partial charge in [0.25, 0.3) is 5.91 Å². The molecule has 6 aromatic rings. The maximum absolute atomic E-state index is 15.4. The zero-order valence-corrected chi connectivity index (χ0v) is 64.3. The summed E-state index contributed by atoms with van der Waals surface area (Å²) in [5.74, 6) is -10.1. The topological polar surface area (TPSA) is 438 Å². The molecule has 0 spiro atoms. The van der Waals surface area contributed by atoms with E-state index in [1.165, 1.54) is 57.1 Å². The summed E-state index contributed by atoms with van der Waals surface area (Å²) < 4.78 is 0. The van der Waals surface area contributed by atoms with Gasteiger partial charge in [0.15, 0.2) is 6.17 Å². The first-order valence-electron chi connectivity index (χ1n) is 37.0. The summed E-state index contributed by atoms with van der Waals surface area (Å²) in [6.07, 6.45) is 1.85. The van der Waals surface area contributed by atoms with Crippen molar-refractivity contribution >= 4 is 117 Å². The van der Waals surface area contributed by atoms with Gasteiger partial charge in [-0.2, -0.15) is 0 Å². The van der Waals surface area contributed by atoms with Crippen molar-refractivity contribution in [2.75, 3.05) is 23.7 Å². The first kappa shape index (κ1) is 86.6. The number of carbonyl (C=O) groups excluding carboxylic acids is 14. The van der Waals surface area contributed by atoms with Crippen LogP contribution in [0.5, 0.6) is 0 Å². The van der Waals surface area contributed by atoms with Gasteiger partial charge in [-0.05, 0) is 139 Å². The second-order valence-corrected chi connectivity index (χ2v) is 28.8. The van der Waals surface area contributed by atoms with Crippen LogP contribution in [0.15, 0.2) is 140 Å². The molecule has 15 N–H and O–H groups in total. The van der Waals surface area contributed by atoms with E-state index in [0.29, 0.717) is 70.0 Å². The molecular formula is C80H101ClN16O14. The van der Waals surface area contributed by atoms with Gasteiger partial charge in [0, 0.05) is 94.3 Å². The second kappa shape index (κ2) is 42.9. The van der Waals surface area contributed by atoms with Crippen LogP contribution in [0.1, 0.15) is 122 Å². The Morgan fingerprint density at radius 3 is 1.47 bits per heavy atom. The Labute approximate surface area is 650 Å². The summed E-state index contributed by atoms with van der Waals surface area (Å²) in [4.78, 5) is 200. The quantitative estimate of drug-likeness (QED) is 0.0149. The van der Waals surface area contributed by atoms with Crippen LogP contribution in [0.2, 0.25) is 5.02 Å². The van der Waals surface area contributed by atoms with Gasteiger partial charge >= 0.3 is 0 Å². The number of nitrogens with two attached hydrogens (primary N) is 1. The van der Waals surface area contributed by atoms with Crippen LogP contribution in [0.3, 0.4) is 0 Å². The average molecular weight is 1550 g/mol. The van der Waals surface area contributed by atoms with Crippen molar-refractivity contribution in [3.8, 4) is 0 Å². The molecule has 2 heterocycles. The number of fused-ring (bicyclic) bond motifs is 1. The molecule has 1 aliphatic heterocycles. The van der Waals surface area contributed by atoms with Crippen LogP contribution in [-0.4, -0.2) is 173 Å².